The van der Waals surface area contributed by atoms with Gasteiger partial charge in [-0.1, -0.05) is 29.9 Å². The van der Waals surface area contributed by atoms with Crippen LogP contribution in [0.3, 0.4) is 0 Å². The Morgan fingerprint density at radius 3 is 3.00 bits per heavy atom. The largest absolute Gasteiger partial charge is 0.376 e. The molecule has 19 heavy (non-hydrogen) atoms. The first-order valence-electron chi connectivity index (χ1n) is 7.66. The Hall–Kier alpha value is -0.860. The number of ether oxygens (including phenoxy) is 2. The average Bonchev–Trinajstić information content (AvgIpc) is 2.88. The predicted molar refractivity (Wildman–Crippen MR) is 74.8 cm³/mol. The van der Waals surface area contributed by atoms with Gasteiger partial charge in [0.25, 0.3) is 0 Å². The first kappa shape index (κ1) is 11.9. The Morgan fingerprint density at radius 2 is 2.11 bits per heavy atom. The fourth-order valence-electron chi connectivity index (χ4n) is 4.21. The lowest BCUT2D eigenvalue weighted by atomic mass is 9.76. The highest BCUT2D eigenvalue weighted by Crippen LogP contribution is 2.48. The molecule has 1 saturated heterocycles. The summed E-state index contributed by atoms with van der Waals surface area (Å²) in [5.41, 5.74) is 3.24. The van der Waals surface area contributed by atoms with E-state index in [1.807, 2.05) is 0 Å². The molecule has 1 saturated carbocycles. The highest BCUT2D eigenvalue weighted by molar-refractivity contribution is 5.38. The van der Waals surface area contributed by atoms with Crippen LogP contribution < -0.4 is 0 Å². The van der Waals surface area contributed by atoms with Gasteiger partial charge in [0.15, 0.2) is 0 Å². The molecule has 0 N–H and O–H groups in total. The monoisotopic (exact) mass is 258 g/mol. The summed E-state index contributed by atoms with van der Waals surface area (Å²) in [6, 6.07) is 0. The van der Waals surface area contributed by atoms with Crippen molar-refractivity contribution in [3.05, 3.63) is 35.5 Å². The molecule has 0 amide bonds. The van der Waals surface area contributed by atoms with E-state index in [0.717, 1.165) is 31.7 Å². The second kappa shape index (κ2) is 4.92. The molecule has 0 aromatic rings. The Bertz CT molecular complexity index is 440. The van der Waals surface area contributed by atoms with Gasteiger partial charge in [0, 0.05) is 0 Å². The standard InChI is InChI=1S/C17H22O2/c1-2-4-13-8-15-10-16(17-11-18-5-6-19-17)9-14(15)7-12(13)3-1/h1-3,7,13,15-17H,4-6,8-11H2. The van der Waals surface area contributed by atoms with E-state index in [1.165, 1.54) is 25.7 Å². The number of rotatable bonds is 1. The minimum atomic E-state index is 0.342. The van der Waals surface area contributed by atoms with Crippen LogP contribution in [-0.4, -0.2) is 25.9 Å². The van der Waals surface area contributed by atoms with Gasteiger partial charge in [0.2, 0.25) is 0 Å². The van der Waals surface area contributed by atoms with Gasteiger partial charge in [-0.05, 0) is 49.0 Å². The summed E-state index contributed by atoms with van der Waals surface area (Å²) < 4.78 is 11.5. The molecule has 3 aliphatic carbocycles. The molecule has 4 rings (SSSR count). The number of hydrogen-bond acceptors (Lipinski definition) is 2. The van der Waals surface area contributed by atoms with Gasteiger partial charge < -0.3 is 9.47 Å². The van der Waals surface area contributed by atoms with E-state index in [-0.39, 0.29) is 0 Å². The zero-order valence-electron chi connectivity index (χ0n) is 11.4. The second-order valence-electron chi connectivity index (χ2n) is 6.36. The highest BCUT2D eigenvalue weighted by Gasteiger charge is 2.39. The maximum atomic E-state index is 5.91. The van der Waals surface area contributed by atoms with Gasteiger partial charge in [-0.2, -0.15) is 0 Å². The van der Waals surface area contributed by atoms with E-state index in [0.29, 0.717) is 12.0 Å². The Labute approximate surface area is 115 Å². The molecule has 0 spiro atoms. The SMILES string of the molecule is C1=CCC2CC3CC(C4COCCO4)CC3=CC2=C1. The van der Waals surface area contributed by atoms with Crippen LogP contribution in [0.15, 0.2) is 35.5 Å². The lowest BCUT2D eigenvalue weighted by Crippen LogP contribution is -2.34. The van der Waals surface area contributed by atoms with Crippen molar-refractivity contribution in [2.75, 3.05) is 19.8 Å². The number of allylic oxidation sites excluding steroid dienone is 6. The van der Waals surface area contributed by atoms with Gasteiger partial charge in [-0.15, -0.1) is 0 Å². The number of hydrogen-bond donors (Lipinski definition) is 0. The predicted octanol–water partition coefficient (Wildman–Crippen LogP) is 3.26. The zero-order valence-corrected chi connectivity index (χ0v) is 11.4. The Balaban J connectivity index is 1.51. The molecule has 0 aromatic heterocycles. The normalized spacial score (nSPS) is 41.3. The van der Waals surface area contributed by atoms with Crippen LogP contribution in [0.1, 0.15) is 25.7 Å². The zero-order chi connectivity index (χ0) is 12.7. The third-order valence-corrected chi connectivity index (χ3v) is 5.21. The van der Waals surface area contributed by atoms with E-state index in [2.05, 4.69) is 24.3 Å². The summed E-state index contributed by atoms with van der Waals surface area (Å²) >= 11 is 0. The lowest BCUT2D eigenvalue weighted by Gasteiger charge is -2.29. The molecule has 102 valence electrons. The maximum Gasteiger partial charge on any atom is 0.0841 e. The summed E-state index contributed by atoms with van der Waals surface area (Å²) in [7, 11) is 0. The molecule has 2 fully saturated rings. The smallest absolute Gasteiger partial charge is 0.0841 e. The van der Waals surface area contributed by atoms with Crippen LogP contribution in [-0.2, 0) is 9.47 Å². The van der Waals surface area contributed by atoms with Crippen LogP contribution in [0.25, 0.3) is 0 Å². The van der Waals surface area contributed by atoms with Crippen molar-refractivity contribution in [2.45, 2.75) is 31.8 Å². The molecule has 4 aliphatic rings. The summed E-state index contributed by atoms with van der Waals surface area (Å²) in [6.45, 7) is 2.36. The minimum absolute atomic E-state index is 0.342. The molecule has 1 aliphatic heterocycles. The van der Waals surface area contributed by atoms with Crippen molar-refractivity contribution in [3.8, 4) is 0 Å². The Morgan fingerprint density at radius 1 is 1.11 bits per heavy atom. The molecule has 0 radical (unpaired) electrons. The average molecular weight is 258 g/mol. The van der Waals surface area contributed by atoms with Gasteiger partial charge in [-0.3, -0.25) is 0 Å². The van der Waals surface area contributed by atoms with Crippen LogP contribution in [0.5, 0.6) is 0 Å². The van der Waals surface area contributed by atoms with Crippen molar-refractivity contribution in [1.29, 1.82) is 0 Å². The second-order valence-corrected chi connectivity index (χ2v) is 6.36. The summed E-state index contributed by atoms with van der Waals surface area (Å²) in [5, 5.41) is 0. The third-order valence-electron chi connectivity index (χ3n) is 5.21. The summed E-state index contributed by atoms with van der Waals surface area (Å²) in [6.07, 6.45) is 14.8. The van der Waals surface area contributed by atoms with Gasteiger partial charge in [-0.25, -0.2) is 0 Å². The quantitative estimate of drug-likeness (QED) is 0.718. The molecule has 1 heterocycles. The van der Waals surface area contributed by atoms with E-state index in [9.17, 15) is 0 Å². The van der Waals surface area contributed by atoms with Crippen LogP contribution in [0.4, 0.5) is 0 Å². The summed E-state index contributed by atoms with van der Waals surface area (Å²) in [5.74, 6) is 2.27. The van der Waals surface area contributed by atoms with Crippen molar-refractivity contribution in [1.82, 2.24) is 0 Å². The molecule has 0 bridgehead atoms. The fraction of sp³-hybridized carbons (Fsp3) is 0.647. The molecular formula is C17H22O2. The van der Waals surface area contributed by atoms with Crippen LogP contribution in [0.2, 0.25) is 0 Å². The van der Waals surface area contributed by atoms with Gasteiger partial charge >= 0.3 is 0 Å². The van der Waals surface area contributed by atoms with Crippen LogP contribution in [0, 0.1) is 17.8 Å². The molecule has 4 atom stereocenters. The van der Waals surface area contributed by atoms with E-state index < -0.39 is 0 Å². The van der Waals surface area contributed by atoms with Crippen LogP contribution >= 0.6 is 0 Å². The summed E-state index contributed by atoms with van der Waals surface area (Å²) in [4.78, 5) is 0. The van der Waals surface area contributed by atoms with E-state index >= 15 is 0 Å². The maximum absolute atomic E-state index is 5.91. The van der Waals surface area contributed by atoms with E-state index in [1.54, 1.807) is 11.1 Å². The minimum Gasteiger partial charge on any atom is -0.376 e. The fourth-order valence-corrected chi connectivity index (χ4v) is 4.21. The van der Waals surface area contributed by atoms with Crippen molar-refractivity contribution >= 4 is 0 Å². The van der Waals surface area contributed by atoms with Gasteiger partial charge in [0.05, 0.1) is 25.9 Å². The molecule has 2 nitrogen and oxygen atoms in total. The lowest BCUT2D eigenvalue weighted by molar-refractivity contribution is -0.110. The van der Waals surface area contributed by atoms with Gasteiger partial charge in [0.1, 0.15) is 0 Å². The first-order chi connectivity index (χ1) is 9.40. The molecular weight excluding hydrogens is 236 g/mol. The Kier molecular flexibility index (Phi) is 3.08. The third kappa shape index (κ3) is 2.21. The molecule has 0 aromatic carbocycles. The topological polar surface area (TPSA) is 18.5 Å². The highest BCUT2D eigenvalue weighted by atomic mass is 16.6. The van der Waals surface area contributed by atoms with Crippen molar-refractivity contribution in [2.24, 2.45) is 17.8 Å². The van der Waals surface area contributed by atoms with Crippen molar-refractivity contribution in [3.63, 3.8) is 0 Å². The first-order valence-corrected chi connectivity index (χ1v) is 7.66. The molecule has 2 heteroatoms. The van der Waals surface area contributed by atoms with E-state index in [4.69, 9.17) is 9.47 Å². The molecule has 4 unspecified atom stereocenters. The van der Waals surface area contributed by atoms with Crippen molar-refractivity contribution < 1.29 is 9.47 Å². The number of fused-ring (bicyclic) bond motifs is 2.